The molecule has 3 heterocycles. The Bertz CT molecular complexity index is 810. The minimum absolute atomic E-state index is 0.0717. The van der Waals surface area contributed by atoms with Crippen molar-refractivity contribution in [2.45, 2.75) is 56.7 Å². The zero-order valence-electron chi connectivity index (χ0n) is 16.3. The first-order valence-corrected chi connectivity index (χ1v) is 10.2. The van der Waals surface area contributed by atoms with E-state index in [4.69, 9.17) is 0 Å². The second-order valence-corrected chi connectivity index (χ2v) is 7.95. The summed E-state index contributed by atoms with van der Waals surface area (Å²) < 4.78 is 0. The molecule has 146 valence electrons. The fraction of sp³-hybridized carbons (Fsp3) is 0.435. The molecule has 2 saturated heterocycles. The van der Waals surface area contributed by atoms with Crippen LogP contribution in [0.3, 0.4) is 0 Å². The molecule has 1 unspecified atom stereocenters. The average Bonchev–Trinajstić information content (AvgIpc) is 3.01. The minimum atomic E-state index is 0.0717. The van der Waals surface area contributed by atoms with Crippen LogP contribution < -0.4 is 0 Å². The zero-order valence-corrected chi connectivity index (χ0v) is 16.3. The smallest absolute Gasteiger partial charge is 0.253 e. The third kappa shape index (κ3) is 3.79. The number of nitrogens with zero attached hydrogens (tertiary/aromatic N) is 3. The first-order chi connectivity index (χ1) is 13.6. The number of aromatic nitrogens is 1. The molecule has 0 radical (unpaired) electrons. The van der Waals surface area contributed by atoms with Gasteiger partial charge in [0.2, 0.25) is 5.91 Å². The number of pyridine rings is 1. The number of piperidine rings is 1. The minimum Gasteiger partial charge on any atom is -0.339 e. The molecular weight excluding hydrogens is 350 g/mol. The van der Waals surface area contributed by atoms with Gasteiger partial charge in [0.05, 0.1) is 0 Å². The van der Waals surface area contributed by atoms with E-state index in [1.807, 2.05) is 54.4 Å². The highest BCUT2D eigenvalue weighted by Gasteiger charge is 2.44. The van der Waals surface area contributed by atoms with E-state index in [9.17, 15) is 9.59 Å². The Morgan fingerprint density at radius 3 is 2.32 bits per heavy atom. The summed E-state index contributed by atoms with van der Waals surface area (Å²) >= 11 is 0. The maximum atomic E-state index is 12.9. The van der Waals surface area contributed by atoms with Crippen molar-refractivity contribution in [3.8, 4) is 0 Å². The SMILES string of the molecule is CN(C(=O)c1ccccc1)C1C[C@H]2CC[C@@H](C1)N2C(=O)CCc1ccncc1. The van der Waals surface area contributed by atoms with Crippen molar-refractivity contribution >= 4 is 11.8 Å². The highest BCUT2D eigenvalue weighted by Crippen LogP contribution is 2.38. The molecule has 2 aromatic rings. The predicted octanol–water partition coefficient (Wildman–Crippen LogP) is 3.31. The number of aryl methyl sites for hydroxylation is 1. The maximum Gasteiger partial charge on any atom is 0.253 e. The molecule has 2 amide bonds. The van der Waals surface area contributed by atoms with Crippen LogP contribution in [-0.4, -0.2) is 51.8 Å². The van der Waals surface area contributed by atoms with Crippen molar-refractivity contribution < 1.29 is 9.59 Å². The molecule has 0 N–H and O–H groups in total. The molecule has 1 aromatic carbocycles. The van der Waals surface area contributed by atoms with Crippen molar-refractivity contribution in [3.05, 3.63) is 66.0 Å². The van der Waals surface area contributed by atoms with Crippen LogP contribution in [0.25, 0.3) is 0 Å². The third-order valence-corrected chi connectivity index (χ3v) is 6.26. The number of rotatable bonds is 5. The van der Waals surface area contributed by atoms with Gasteiger partial charge in [-0.05, 0) is 61.9 Å². The van der Waals surface area contributed by atoms with Gasteiger partial charge in [-0.15, -0.1) is 0 Å². The Labute approximate surface area is 166 Å². The highest BCUT2D eigenvalue weighted by molar-refractivity contribution is 5.94. The van der Waals surface area contributed by atoms with Gasteiger partial charge in [0.25, 0.3) is 5.91 Å². The van der Waals surface area contributed by atoms with E-state index in [1.165, 1.54) is 0 Å². The van der Waals surface area contributed by atoms with E-state index in [-0.39, 0.29) is 29.9 Å². The van der Waals surface area contributed by atoms with E-state index < -0.39 is 0 Å². The van der Waals surface area contributed by atoms with E-state index in [1.54, 1.807) is 12.4 Å². The topological polar surface area (TPSA) is 53.5 Å². The van der Waals surface area contributed by atoms with Crippen LogP contribution >= 0.6 is 0 Å². The molecule has 2 aliphatic heterocycles. The molecule has 0 aliphatic carbocycles. The lowest BCUT2D eigenvalue weighted by Crippen LogP contribution is -2.52. The van der Waals surface area contributed by atoms with Crippen LogP contribution in [0.15, 0.2) is 54.9 Å². The van der Waals surface area contributed by atoms with Gasteiger partial charge in [0, 0.05) is 49.6 Å². The molecule has 2 bridgehead atoms. The number of benzene rings is 1. The molecule has 3 atom stereocenters. The summed E-state index contributed by atoms with van der Waals surface area (Å²) in [6.07, 6.45) is 8.71. The van der Waals surface area contributed by atoms with Crippen LogP contribution in [0.2, 0.25) is 0 Å². The van der Waals surface area contributed by atoms with Crippen molar-refractivity contribution in [2.24, 2.45) is 0 Å². The van der Waals surface area contributed by atoms with Gasteiger partial charge in [-0.2, -0.15) is 0 Å². The lowest BCUT2D eigenvalue weighted by Gasteiger charge is -2.42. The lowest BCUT2D eigenvalue weighted by molar-refractivity contribution is -0.136. The van der Waals surface area contributed by atoms with Gasteiger partial charge in [0.15, 0.2) is 0 Å². The molecule has 2 fully saturated rings. The molecule has 0 saturated carbocycles. The summed E-state index contributed by atoms with van der Waals surface area (Å²) in [4.78, 5) is 33.7. The quantitative estimate of drug-likeness (QED) is 0.803. The van der Waals surface area contributed by atoms with E-state index in [0.29, 0.717) is 6.42 Å². The summed E-state index contributed by atoms with van der Waals surface area (Å²) in [6.45, 7) is 0. The molecule has 2 aliphatic rings. The average molecular weight is 377 g/mol. The van der Waals surface area contributed by atoms with E-state index in [0.717, 1.165) is 43.2 Å². The Morgan fingerprint density at radius 2 is 1.68 bits per heavy atom. The third-order valence-electron chi connectivity index (χ3n) is 6.26. The summed E-state index contributed by atoms with van der Waals surface area (Å²) in [7, 11) is 1.90. The van der Waals surface area contributed by atoms with Gasteiger partial charge in [0.1, 0.15) is 0 Å². The summed E-state index contributed by atoms with van der Waals surface area (Å²) in [6, 6.07) is 14.1. The predicted molar refractivity (Wildman–Crippen MR) is 108 cm³/mol. The Morgan fingerprint density at radius 1 is 1.04 bits per heavy atom. The summed E-state index contributed by atoms with van der Waals surface area (Å²) in [5, 5.41) is 0. The molecule has 1 aromatic heterocycles. The Balaban J connectivity index is 1.37. The number of carbonyl (C=O) groups excluding carboxylic acids is 2. The standard InChI is InChI=1S/C23H27N3O2/c1-25(23(28)18-5-3-2-4-6-18)21-15-19-8-9-20(16-21)26(19)22(27)10-7-17-11-13-24-14-12-17/h2-6,11-14,19-21H,7-10,15-16H2,1H3/t19-,20+,21?. The van der Waals surface area contributed by atoms with Gasteiger partial charge in [-0.25, -0.2) is 0 Å². The summed E-state index contributed by atoms with van der Waals surface area (Å²) in [5.74, 6) is 0.322. The number of carbonyl (C=O) groups is 2. The molecule has 5 nitrogen and oxygen atoms in total. The lowest BCUT2D eigenvalue weighted by atomic mass is 9.95. The van der Waals surface area contributed by atoms with Crippen molar-refractivity contribution in [1.29, 1.82) is 0 Å². The first kappa shape index (κ1) is 18.7. The largest absolute Gasteiger partial charge is 0.339 e. The molecule has 0 spiro atoms. The van der Waals surface area contributed by atoms with E-state index >= 15 is 0 Å². The molecule has 4 rings (SSSR count). The highest BCUT2D eigenvalue weighted by atomic mass is 16.2. The number of fused-ring (bicyclic) bond motifs is 2. The molecular formula is C23H27N3O2. The second kappa shape index (κ2) is 8.13. The van der Waals surface area contributed by atoms with Gasteiger partial charge >= 0.3 is 0 Å². The fourth-order valence-corrected chi connectivity index (χ4v) is 4.75. The van der Waals surface area contributed by atoms with Gasteiger partial charge in [-0.1, -0.05) is 18.2 Å². The Hall–Kier alpha value is -2.69. The maximum absolute atomic E-state index is 12.9. The number of amides is 2. The van der Waals surface area contributed by atoms with Crippen molar-refractivity contribution in [1.82, 2.24) is 14.8 Å². The van der Waals surface area contributed by atoms with Crippen molar-refractivity contribution in [2.75, 3.05) is 7.05 Å². The van der Waals surface area contributed by atoms with Crippen LogP contribution in [0.1, 0.15) is 48.0 Å². The number of hydrogen-bond acceptors (Lipinski definition) is 3. The fourth-order valence-electron chi connectivity index (χ4n) is 4.75. The Kier molecular flexibility index (Phi) is 5.42. The summed E-state index contributed by atoms with van der Waals surface area (Å²) in [5.41, 5.74) is 1.88. The van der Waals surface area contributed by atoms with Crippen molar-refractivity contribution in [3.63, 3.8) is 0 Å². The van der Waals surface area contributed by atoms with Crippen LogP contribution in [0.5, 0.6) is 0 Å². The normalized spacial score (nSPS) is 23.5. The monoisotopic (exact) mass is 377 g/mol. The van der Waals surface area contributed by atoms with E-state index in [2.05, 4.69) is 9.88 Å². The van der Waals surface area contributed by atoms with Gasteiger partial charge in [-0.3, -0.25) is 14.6 Å². The molecule has 5 heteroatoms. The van der Waals surface area contributed by atoms with Crippen LogP contribution in [0, 0.1) is 0 Å². The first-order valence-electron chi connectivity index (χ1n) is 10.2. The second-order valence-electron chi connectivity index (χ2n) is 7.95. The number of hydrogen-bond donors (Lipinski definition) is 0. The van der Waals surface area contributed by atoms with Crippen LogP contribution in [0.4, 0.5) is 0 Å². The van der Waals surface area contributed by atoms with Crippen LogP contribution in [-0.2, 0) is 11.2 Å². The van der Waals surface area contributed by atoms with Gasteiger partial charge < -0.3 is 9.80 Å². The zero-order chi connectivity index (χ0) is 19.5. The molecule has 28 heavy (non-hydrogen) atoms.